The highest BCUT2D eigenvalue weighted by Gasteiger charge is 2.29. The van der Waals surface area contributed by atoms with Crippen molar-refractivity contribution >= 4 is 22.0 Å². The van der Waals surface area contributed by atoms with Crippen molar-refractivity contribution in [3.63, 3.8) is 0 Å². The predicted molar refractivity (Wildman–Crippen MR) is 119 cm³/mol. The molecule has 1 amide bonds. The van der Waals surface area contributed by atoms with Crippen LogP contribution in [0, 0.1) is 0 Å². The van der Waals surface area contributed by atoms with E-state index in [0.717, 1.165) is 16.0 Å². The molecule has 0 spiro atoms. The summed E-state index contributed by atoms with van der Waals surface area (Å²) in [4.78, 5) is 15.6. The van der Waals surface area contributed by atoms with Gasteiger partial charge in [-0.1, -0.05) is 60.7 Å². The molecule has 1 aliphatic heterocycles. The SMILES string of the molecule is C[C@@H](c1ccccc1)N(C)C(=O)C[NH+]1CCN(S(=O)(=O)/C=C/c2ccccc2)CC1. The number of carbonyl (C=O) groups excluding carboxylic acids is 1. The summed E-state index contributed by atoms with van der Waals surface area (Å²) < 4.78 is 26.7. The molecule has 0 aromatic heterocycles. The van der Waals surface area contributed by atoms with Crippen molar-refractivity contribution in [1.29, 1.82) is 0 Å². The lowest BCUT2D eigenvalue weighted by molar-refractivity contribution is -0.896. The number of piperazine rings is 1. The van der Waals surface area contributed by atoms with Gasteiger partial charge in [-0.25, -0.2) is 8.42 Å². The zero-order valence-corrected chi connectivity index (χ0v) is 18.4. The van der Waals surface area contributed by atoms with Crippen molar-refractivity contribution in [1.82, 2.24) is 9.21 Å². The number of sulfonamides is 1. The quantitative estimate of drug-likeness (QED) is 0.725. The fourth-order valence-electron chi connectivity index (χ4n) is 3.56. The average Bonchev–Trinajstić information content (AvgIpc) is 2.78. The fourth-order valence-corrected chi connectivity index (χ4v) is 4.75. The monoisotopic (exact) mass is 428 g/mol. The Labute approximate surface area is 179 Å². The van der Waals surface area contributed by atoms with E-state index in [2.05, 4.69) is 0 Å². The molecular formula is C23H30N3O3S+. The normalized spacial score (nSPS) is 17.1. The second-order valence-electron chi connectivity index (χ2n) is 7.68. The van der Waals surface area contributed by atoms with E-state index < -0.39 is 10.0 Å². The molecule has 0 unspecified atom stereocenters. The van der Waals surface area contributed by atoms with E-state index in [1.165, 1.54) is 9.71 Å². The maximum absolute atomic E-state index is 12.7. The van der Waals surface area contributed by atoms with Crippen LogP contribution in [0.3, 0.4) is 0 Å². The van der Waals surface area contributed by atoms with Crippen molar-refractivity contribution in [2.24, 2.45) is 0 Å². The van der Waals surface area contributed by atoms with Crippen molar-refractivity contribution < 1.29 is 18.1 Å². The van der Waals surface area contributed by atoms with Gasteiger partial charge in [-0.05, 0) is 24.1 Å². The lowest BCUT2D eigenvalue weighted by Gasteiger charge is -2.32. The number of amides is 1. The summed E-state index contributed by atoms with van der Waals surface area (Å²) in [6.07, 6.45) is 1.62. The van der Waals surface area contributed by atoms with Crippen LogP contribution in [0.4, 0.5) is 0 Å². The van der Waals surface area contributed by atoms with Gasteiger partial charge in [0.15, 0.2) is 6.54 Å². The van der Waals surface area contributed by atoms with Crippen molar-refractivity contribution in [2.75, 3.05) is 39.8 Å². The lowest BCUT2D eigenvalue weighted by atomic mass is 10.1. The van der Waals surface area contributed by atoms with Crippen molar-refractivity contribution in [3.8, 4) is 0 Å². The summed E-state index contributed by atoms with van der Waals surface area (Å²) in [6, 6.07) is 19.3. The molecule has 0 aliphatic carbocycles. The third kappa shape index (κ3) is 5.78. The van der Waals surface area contributed by atoms with Crippen LogP contribution in [0.15, 0.2) is 66.1 Å². The first-order chi connectivity index (χ1) is 14.4. The fraction of sp³-hybridized carbons (Fsp3) is 0.348. The van der Waals surface area contributed by atoms with Gasteiger partial charge >= 0.3 is 0 Å². The molecule has 3 rings (SSSR count). The molecule has 0 saturated carbocycles. The second kappa shape index (κ2) is 10.0. The molecule has 1 aliphatic rings. The number of carbonyl (C=O) groups is 1. The van der Waals surface area contributed by atoms with Gasteiger partial charge in [0.05, 0.1) is 32.2 Å². The maximum Gasteiger partial charge on any atom is 0.278 e. The Hall–Kier alpha value is -2.48. The van der Waals surface area contributed by atoms with Crippen LogP contribution in [-0.4, -0.2) is 63.3 Å². The summed E-state index contributed by atoms with van der Waals surface area (Å²) >= 11 is 0. The molecule has 1 N–H and O–H groups in total. The van der Waals surface area contributed by atoms with E-state index in [1.54, 1.807) is 11.0 Å². The molecule has 1 saturated heterocycles. The first-order valence-corrected chi connectivity index (χ1v) is 11.7. The highest BCUT2D eigenvalue weighted by molar-refractivity contribution is 7.92. The van der Waals surface area contributed by atoms with E-state index in [9.17, 15) is 13.2 Å². The van der Waals surface area contributed by atoms with E-state index in [-0.39, 0.29) is 11.9 Å². The number of likely N-dealkylation sites (N-methyl/N-ethyl adjacent to an activating group) is 1. The second-order valence-corrected chi connectivity index (χ2v) is 9.49. The zero-order chi connectivity index (χ0) is 21.6. The highest BCUT2D eigenvalue weighted by atomic mass is 32.2. The third-order valence-corrected chi connectivity index (χ3v) is 7.24. The minimum Gasteiger partial charge on any atom is -0.334 e. The molecular weight excluding hydrogens is 398 g/mol. The Morgan fingerprint density at radius 3 is 2.23 bits per heavy atom. The molecule has 2 aromatic rings. The molecule has 160 valence electrons. The van der Waals surface area contributed by atoms with Crippen LogP contribution in [0.2, 0.25) is 0 Å². The number of nitrogens with one attached hydrogen (secondary N) is 1. The van der Waals surface area contributed by atoms with Gasteiger partial charge in [0.25, 0.3) is 5.91 Å². The van der Waals surface area contributed by atoms with Crippen LogP contribution in [0.5, 0.6) is 0 Å². The molecule has 7 heteroatoms. The first-order valence-electron chi connectivity index (χ1n) is 10.2. The number of rotatable bonds is 7. The zero-order valence-electron chi connectivity index (χ0n) is 17.6. The van der Waals surface area contributed by atoms with E-state index in [0.29, 0.717) is 32.7 Å². The molecule has 1 fully saturated rings. The van der Waals surface area contributed by atoms with Gasteiger partial charge in [-0.2, -0.15) is 4.31 Å². The van der Waals surface area contributed by atoms with Crippen LogP contribution in [0.1, 0.15) is 24.1 Å². The molecule has 0 radical (unpaired) electrons. The standard InChI is InChI=1S/C23H29N3O3S/c1-20(22-11-7-4-8-12-22)24(2)23(27)19-25-14-16-26(17-15-25)30(28,29)18-13-21-9-5-3-6-10-21/h3-13,18,20H,14-17,19H2,1-2H3/p+1/b18-13+/t20-/m0/s1. The molecule has 0 bridgehead atoms. The van der Waals surface area contributed by atoms with Gasteiger partial charge in [-0.3, -0.25) is 4.79 Å². The van der Waals surface area contributed by atoms with Crippen molar-refractivity contribution in [2.45, 2.75) is 13.0 Å². The topological polar surface area (TPSA) is 62.1 Å². The molecule has 2 aromatic carbocycles. The van der Waals surface area contributed by atoms with E-state index in [4.69, 9.17) is 0 Å². The number of quaternary nitrogens is 1. The number of nitrogens with zero attached hydrogens (tertiary/aromatic N) is 2. The van der Waals surface area contributed by atoms with Gasteiger partial charge in [-0.15, -0.1) is 0 Å². The number of hydrogen-bond donors (Lipinski definition) is 1. The third-order valence-electron chi connectivity index (χ3n) is 5.68. The summed E-state index contributed by atoms with van der Waals surface area (Å²) in [6.45, 7) is 4.48. The van der Waals surface area contributed by atoms with Crippen LogP contribution < -0.4 is 4.90 Å². The van der Waals surface area contributed by atoms with Crippen LogP contribution in [-0.2, 0) is 14.8 Å². The molecule has 1 heterocycles. The predicted octanol–water partition coefficient (Wildman–Crippen LogP) is 1.41. The Kier molecular flexibility index (Phi) is 7.42. The number of benzene rings is 2. The molecule has 30 heavy (non-hydrogen) atoms. The molecule has 1 atom stereocenters. The van der Waals surface area contributed by atoms with Crippen LogP contribution in [0.25, 0.3) is 6.08 Å². The smallest absolute Gasteiger partial charge is 0.278 e. The Morgan fingerprint density at radius 1 is 1.07 bits per heavy atom. The largest absolute Gasteiger partial charge is 0.334 e. The molecule has 6 nitrogen and oxygen atoms in total. The minimum atomic E-state index is -3.46. The maximum atomic E-state index is 12.7. The summed E-state index contributed by atoms with van der Waals surface area (Å²) in [7, 11) is -1.63. The van der Waals surface area contributed by atoms with Crippen molar-refractivity contribution in [3.05, 3.63) is 77.2 Å². The summed E-state index contributed by atoms with van der Waals surface area (Å²) in [5.74, 6) is 0.0710. The average molecular weight is 429 g/mol. The first kappa shape index (κ1) is 22.2. The summed E-state index contributed by atoms with van der Waals surface area (Å²) in [5, 5.41) is 1.27. The van der Waals surface area contributed by atoms with E-state index >= 15 is 0 Å². The van der Waals surface area contributed by atoms with Gasteiger partial charge in [0.1, 0.15) is 0 Å². The van der Waals surface area contributed by atoms with Gasteiger partial charge < -0.3 is 9.80 Å². The summed E-state index contributed by atoms with van der Waals surface area (Å²) in [5.41, 5.74) is 1.95. The number of hydrogen-bond acceptors (Lipinski definition) is 3. The minimum absolute atomic E-state index is 0.00268. The Balaban J connectivity index is 1.51. The van der Waals surface area contributed by atoms with E-state index in [1.807, 2.05) is 74.6 Å². The van der Waals surface area contributed by atoms with Gasteiger partial charge in [0.2, 0.25) is 10.0 Å². The lowest BCUT2D eigenvalue weighted by Crippen LogP contribution is -3.15. The Morgan fingerprint density at radius 2 is 1.63 bits per heavy atom. The Bertz CT molecular complexity index is 954. The van der Waals surface area contributed by atoms with Crippen LogP contribution >= 0.6 is 0 Å². The highest BCUT2D eigenvalue weighted by Crippen LogP contribution is 2.17. The van der Waals surface area contributed by atoms with Gasteiger partial charge in [0, 0.05) is 12.5 Å².